The molecule has 0 fully saturated rings. The maximum atomic E-state index is 6.26. The summed E-state index contributed by atoms with van der Waals surface area (Å²) in [4.78, 5) is 4.66. The molecule has 29 heavy (non-hydrogen) atoms. The predicted octanol–water partition coefficient (Wildman–Crippen LogP) is 6.05. The molecule has 8 heteroatoms. The summed E-state index contributed by atoms with van der Waals surface area (Å²) in [5, 5.41) is 17.6. The quantitative estimate of drug-likeness (QED) is 0.391. The molecule has 0 spiro atoms. The van der Waals surface area contributed by atoms with E-state index in [9.17, 15) is 0 Å². The number of anilines is 1. The Morgan fingerprint density at radius 1 is 1.07 bits per heavy atom. The smallest absolute Gasteiger partial charge is 0.247 e. The van der Waals surface area contributed by atoms with Crippen molar-refractivity contribution < 1.29 is 4.74 Å². The van der Waals surface area contributed by atoms with Gasteiger partial charge in [0.2, 0.25) is 11.0 Å². The first-order valence-corrected chi connectivity index (χ1v) is 11.2. The standard InChI is InChI=1S/C21H15ClN4OS2/c22-16-7-3-1-5-13(16)12-29-21-24-20-18(25-26-21)15-6-2-4-8-17(15)23-19(27-20)14-9-10-28-11-14/h1-11,19,23H,12H2/t19-/m0/s1. The minimum Gasteiger partial charge on any atom is -0.448 e. The summed E-state index contributed by atoms with van der Waals surface area (Å²) in [6.07, 6.45) is -0.346. The van der Waals surface area contributed by atoms with Gasteiger partial charge in [-0.05, 0) is 34.5 Å². The number of para-hydroxylation sites is 1. The average molecular weight is 439 g/mol. The van der Waals surface area contributed by atoms with E-state index in [1.807, 2.05) is 60.0 Å². The van der Waals surface area contributed by atoms with Crippen LogP contribution in [0.25, 0.3) is 11.3 Å². The molecule has 0 saturated carbocycles. The summed E-state index contributed by atoms with van der Waals surface area (Å²) in [7, 11) is 0. The van der Waals surface area contributed by atoms with Gasteiger partial charge in [0, 0.05) is 27.6 Å². The Balaban J connectivity index is 1.49. The summed E-state index contributed by atoms with van der Waals surface area (Å²) in [5.74, 6) is 1.12. The maximum Gasteiger partial charge on any atom is 0.247 e. The molecule has 2 aromatic heterocycles. The van der Waals surface area contributed by atoms with Crippen molar-refractivity contribution >= 4 is 40.4 Å². The summed E-state index contributed by atoms with van der Waals surface area (Å²) < 4.78 is 6.24. The van der Waals surface area contributed by atoms with E-state index in [-0.39, 0.29) is 6.23 Å². The van der Waals surface area contributed by atoms with Gasteiger partial charge in [-0.15, -0.1) is 10.2 Å². The van der Waals surface area contributed by atoms with Crippen LogP contribution < -0.4 is 10.1 Å². The van der Waals surface area contributed by atoms with Crippen molar-refractivity contribution in [1.29, 1.82) is 0 Å². The van der Waals surface area contributed by atoms with Crippen LogP contribution in [0.4, 0.5) is 5.69 Å². The lowest BCUT2D eigenvalue weighted by Crippen LogP contribution is -2.16. The molecule has 4 aromatic rings. The van der Waals surface area contributed by atoms with E-state index in [1.54, 1.807) is 11.3 Å². The summed E-state index contributed by atoms with van der Waals surface area (Å²) in [5.41, 5.74) is 4.56. The van der Waals surface area contributed by atoms with E-state index in [2.05, 4.69) is 25.9 Å². The molecule has 0 radical (unpaired) electrons. The number of thioether (sulfide) groups is 1. The van der Waals surface area contributed by atoms with Crippen LogP contribution in [0.15, 0.2) is 70.5 Å². The van der Waals surface area contributed by atoms with Gasteiger partial charge in [-0.2, -0.15) is 16.3 Å². The van der Waals surface area contributed by atoms with E-state index >= 15 is 0 Å². The zero-order valence-electron chi connectivity index (χ0n) is 15.1. The molecule has 144 valence electrons. The first-order chi connectivity index (χ1) is 14.3. The molecule has 2 aromatic carbocycles. The first-order valence-electron chi connectivity index (χ1n) is 8.93. The van der Waals surface area contributed by atoms with Crippen LogP contribution in [0.1, 0.15) is 17.4 Å². The van der Waals surface area contributed by atoms with E-state index in [0.29, 0.717) is 22.5 Å². The third kappa shape index (κ3) is 3.81. The van der Waals surface area contributed by atoms with Crippen molar-refractivity contribution in [2.75, 3.05) is 5.32 Å². The van der Waals surface area contributed by atoms with E-state index in [1.165, 1.54) is 11.8 Å². The van der Waals surface area contributed by atoms with Gasteiger partial charge in [0.15, 0.2) is 11.9 Å². The topological polar surface area (TPSA) is 59.9 Å². The van der Waals surface area contributed by atoms with Gasteiger partial charge in [0.1, 0.15) is 0 Å². The summed E-state index contributed by atoms with van der Waals surface area (Å²) in [6.45, 7) is 0. The Hall–Kier alpha value is -2.61. The van der Waals surface area contributed by atoms with Crippen molar-refractivity contribution in [3.05, 3.63) is 81.5 Å². The van der Waals surface area contributed by atoms with Crippen molar-refractivity contribution in [3.8, 4) is 17.1 Å². The number of thiophene rings is 1. The van der Waals surface area contributed by atoms with Gasteiger partial charge in [0.05, 0.1) is 0 Å². The van der Waals surface area contributed by atoms with Crippen molar-refractivity contribution in [2.24, 2.45) is 0 Å². The van der Waals surface area contributed by atoms with Crippen LogP contribution in [-0.2, 0) is 5.75 Å². The molecule has 3 heterocycles. The Kier molecular flexibility index (Phi) is 5.10. The second-order valence-corrected chi connectivity index (χ2v) is 8.50. The SMILES string of the molecule is Clc1ccccc1CSc1nnc2c(n1)O[C@@H](c1ccsc1)Nc1ccccc1-2. The van der Waals surface area contributed by atoms with E-state index in [0.717, 1.165) is 27.4 Å². The zero-order chi connectivity index (χ0) is 19.6. The molecule has 0 aliphatic carbocycles. The number of nitrogens with zero attached hydrogens (tertiary/aromatic N) is 3. The Morgan fingerprint density at radius 3 is 2.79 bits per heavy atom. The van der Waals surface area contributed by atoms with Crippen molar-refractivity contribution in [2.45, 2.75) is 17.1 Å². The zero-order valence-corrected chi connectivity index (χ0v) is 17.5. The van der Waals surface area contributed by atoms with Gasteiger partial charge < -0.3 is 10.1 Å². The second-order valence-electron chi connectivity index (χ2n) is 6.37. The number of hydrogen-bond acceptors (Lipinski definition) is 7. The minimum absolute atomic E-state index is 0.346. The second kappa shape index (κ2) is 8.02. The fourth-order valence-electron chi connectivity index (χ4n) is 3.04. The normalized spacial score (nSPS) is 14.9. The lowest BCUT2D eigenvalue weighted by Gasteiger charge is -2.17. The van der Waals surface area contributed by atoms with Crippen LogP contribution in [0.3, 0.4) is 0 Å². The highest BCUT2D eigenvalue weighted by Crippen LogP contribution is 2.40. The largest absolute Gasteiger partial charge is 0.448 e. The van der Waals surface area contributed by atoms with Gasteiger partial charge in [-0.1, -0.05) is 59.8 Å². The Labute approximate surface area is 181 Å². The number of nitrogens with one attached hydrogen (secondary N) is 1. The Bertz CT molecular complexity index is 1150. The highest BCUT2D eigenvalue weighted by atomic mass is 35.5. The molecule has 0 amide bonds. The lowest BCUT2D eigenvalue weighted by molar-refractivity contribution is 0.225. The fraction of sp³-hybridized carbons (Fsp3) is 0.0952. The minimum atomic E-state index is -0.346. The van der Waals surface area contributed by atoms with E-state index in [4.69, 9.17) is 16.3 Å². The van der Waals surface area contributed by atoms with Crippen molar-refractivity contribution in [3.63, 3.8) is 0 Å². The van der Waals surface area contributed by atoms with Crippen LogP contribution >= 0.6 is 34.7 Å². The third-order valence-electron chi connectivity index (χ3n) is 4.49. The number of aromatic nitrogens is 3. The molecule has 1 atom stereocenters. The molecular formula is C21H15ClN4OS2. The number of hydrogen-bond donors (Lipinski definition) is 1. The Morgan fingerprint density at radius 2 is 1.93 bits per heavy atom. The molecule has 0 unspecified atom stereocenters. The molecular weight excluding hydrogens is 424 g/mol. The molecule has 1 aliphatic heterocycles. The lowest BCUT2D eigenvalue weighted by atomic mass is 10.1. The molecule has 1 N–H and O–H groups in total. The van der Waals surface area contributed by atoms with Gasteiger partial charge in [-0.25, -0.2) is 0 Å². The third-order valence-corrected chi connectivity index (χ3v) is 6.45. The maximum absolute atomic E-state index is 6.26. The number of halogens is 1. The average Bonchev–Trinajstić information content (AvgIpc) is 3.23. The predicted molar refractivity (Wildman–Crippen MR) is 118 cm³/mol. The number of benzene rings is 2. The molecule has 0 bridgehead atoms. The molecule has 5 rings (SSSR count). The van der Waals surface area contributed by atoms with E-state index < -0.39 is 0 Å². The first kappa shape index (κ1) is 18.4. The van der Waals surface area contributed by atoms with Gasteiger partial charge in [-0.3, -0.25) is 0 Å². The highest BCUT2D eigenvalue weighted by Gasteiger charge is 2.26. The van der Waals surface area contributed by atoms with Crippen LogP contribution in [0.2, 0.25) is 5.02 Å². The van der Waals surface area contributed by atoms with Crippen molar-refractivity contribution in [1.82, 2.24) is 15.2 Å². The summed E-state index contributed by atoms with van der Waals surface area (Å²) in [6, 6.07) is 17.8. The fourth-order valence-corrected chi connectivity index (χ4v) is 4.78. The van der Waals surface area contributed by atoms with Crippen LogP contribution in [-0.4, -0.2) is 15.2 Å². The van der Waals surface area contributed by atoms with Gasteiger partial charge >= 0.3 is 0 Å². The number of fused-ring (bicyclic) bond motifs is 3. The van der Waals surface area contributed by atoms with Gasteiger partial charge in [0.25, 0.3) is 0 Å². The number of ether oxygens (including phenoxy) is 1. The van der Waals surface area contributed by atoms with Crippen LogP contribution in [0, 0.1) is 0 Å². The molecule has 0 saturated heterocycles. The highest BCUT2D eigenvalue weighted by molar-refractivity contribution is 7.98. The molecule has 5 nitrogen and oxygen atoms in total. The number of rotatable bonds is 4. The van der Waals surface area contributed by atoms with Crippen LogP contribution in [0.5, 0.6) is 5.88 Å². The monoisotopic (exact) mass is 438 g/mol. The summed E-state index contributed by atoms with van der Waals surface area (Å²) >= 11 is 9.37. The molecule has 1 aliphatic rings.